The fourth-order valence-corrected chi connectivity index (χ4v) is 2.96. The maximum Gasteiger partial charge on any atom is 0.229 e. The summed E-state index contributed by atoms with van der Waals surface area (Å²) in [4.78, 5) is 14.3. The molecule has 23 heavy (non-hydrogen) atoms. The Morgan fingerprint density at radius 3 is 2.70 bits per heavy atom. The van der Waals surface area contributed by atoms with Gasteiger partial charge in [0.05, 0.1) is 12.0 Å². The van der Waals surface area contributed by atoms with Gasteiger partial charge in [0.1, 0.15) is 5.69 Å². The largest absolute Gasteiger partial charge is 0.356 e. The van der Waals surface area contributed by atoms with Crippen molar-refractivity contribution in [2.24, 2.45) is 5.41 Å². The second-order valence-corrected chi connectivity index (χ2v) is 7.14. The summed E-state index contributed by atoms with van der Waals surface area (Å²) in [6, 6.07) is 7.48. The molecule has 3 rings (SSSR count). The van der Waals surface area contributed by atoms with Crippen molar-refractivity contribution >= 4 is 29.1 Å². The van der Waals surface area contributed by atoms with Crippen molar-refractivity contribution in [3.05, 3.63) is 40.5 Å². The van der Waals surface area contributed by atoms with Gasteiger partial charge in [-0.15, -0.1) is 11.6 Å². The van der Waals surface area contributed by atoms with E-state index < -0.39 is 5.41 Å². The first-order valence-electron chi connectivity index (χ1n) is 7.51. The Hall–Kier alpha value is -1.52. The molecular formula is C17H18Cl2N2O2. The second-order valence-electron chi connectivity index (χ2n) is 6.44. The van der Waals surface area contributed by atoms with Crippen LogP contribution >= 0.6 is 23.2 Å². The molecule has 1 aromatic carbocycles. The fraction of sp³-hybridized carbons (Fsp3) is 0.412. The lowest BCUT2D eigenvalue weighted by Crippen LogP contribution is -2.44. The number of alkyl halides is 1. The van der Waals surface area contributed by atoms with Crippen LogP contribution in [0.25, 0.3) is 11.3 Å². The van der Waals surface area contributed by atoms with Crippen molar-refractivity contribution in [2.45, 2.75) is 26.8 Å². The van der Waals surface area contributed by atoms with Crippen molar-refractivity contribution in [1.29, 1.82) is 0 Å². The van der Waals surface area contributed by atoms with Crippen molar-refractivity contribution in [2.75, 3.05) is 12.4 Å². The van der Waals surface area contributed by atoms with Crippen LogP contribution in [0.2, 0.25) is 5.02 Å². The molecule has 2 aromatic rings. The van der Waals surface area contributed by atoms with Gasteiger partial charge in [0.15, 0.2) is 5.76 Å². The van der Waals surface area contributed by atoms with Crippen molar-refractivity contribution in [3.63, 3.8) is 0 Å². The number of nitrogens with zero attached hydrogens (tertiary/aromatic N) is 2. The van der Waals surface area contributed by atoms with Crippen LogP contribution in [-0.2, 0) is 17.8 Å². The molecule has 0 unspecified atom stereocenters. The van der Waals surface area contributed by atoms with E-state index in [0.717, 1.165) is 29.0 Å². The number of halogens is 2. The minimum atomic E-state index is -0.568. The lowest BCUT2D eigenvalue weighted by atomic mass is 9.92. The molecule has 1 aliphatic heterocycles. The standard InChI is InChI=1S/C17H18Cl2N2O2/c1-17(2,10-18)16(22)21-8-7-13-14(9-21)20-23-15(13)11-3-5-12(19)6-4-11/h3-6H,7-10H2,1-2H3. The van der Waals surface area contributed by atoms with Gasteiger partial charge in [0.25, 0.3) is 0 Å². The summed E-state index contributed by atoms with van der Waals surface area (Å²) in [6.45, 7) is 4.83. The van der Waals surface area contributed by atoms with E-state index in [4.69, 9.17) is 27.7 Å². The smallest absolute Gasteiger partial charge is 0.229 e. The van der Waals surface area contributed by atoms with E-state index >= 15 is 0 Å². The number of benzene rings is 1. The van der Waals surface area contributed by atoms with E-state index in [1.54, 1.807) is 4.90 Å². The third-order valence-electron chi connectivity index (χ3n) is 4.15. The molecule has 0 N–H and O–H groups in total. The van der Waals surface area contributed by atoms with Crippen LogP contribution in [0.15, 0.2) is 28.8 Å². The van der Waals surface area contributed by atoms with Crippen LogP contribution in [0.3, 0.4) is 0 Å². The van der Waals surface area contributed by atoms with Gasteiger partial charge in [-0.25, -0.2) is 0 Å². The highest BCUT2D eigenvalue weighted by atomic mass is 35.5. The highest BCUT2D eigenvalue weighted by Gasteiger charge is 2.34. The van der Waals surface area contributed by atoms with Gasteiger partial charge in [-0.3, -0.25) is 4.79 Å². The molecule has 0 saturated carbocycles. The minimum Gasteiger partial charge on any atom is -0.356 e. The highest BCUT2D eigenvalue weighted by molar-refractivity contribution is 6.30. The summed E-state index contributed by atoms with van der Waals surface area (Å²) in [7, 11) is 0. The number of aromatic nitrogens is 1. The molecule has 0 atom stereocenters. The Bertz CT molecular complexity index is 723. The van der Waals surface area contributed by atoms with Crippen LogP contribution < -0.4 is 0 Å². The molecule has 0 aliphatic carbocycles. The van der Waals surface area contributed by atoms with Gasteiger partial charge in [-0.05, 0) is 44.5 Å². The Balaban J connectivity index is 1.84. The van der Waals surface area contributed by atoms with Crippen molar-refractivity contribution < 1.29 is 9.32 Å². The van der Waals surface area contributed by atoms with Crippen molar-refractivity contribution in [3.8, 4) is 11.3 Å². The SMILES string of the molecule is CC(C)(CCl)C(=O)N1CCc2c(noc2-c2ccc(Cl)cc2)C1. The first kappa shape index (κ1) is 16.3. The van der Waals surface area contributed by atoms with E-state index in [0.29, 0.717) is 24.0 Å². The average Bonchev–Trinajstić information content (AvgIpc) is 2.98. The number of hydrogen-bond donors (Lipinski definition) is 0. The van der Waals surface area contributed by atoms with Crippen LogP contribution in [0.4, 0.5) is 0 Å². The van der Waals surface area contributed by atoms with Gasteiger partial charge >= 0.3 is 0 Å². The van der Waals surface area contributed by atoms with Crippen LogP contribution in [-0.4, -0.2) is 28.4 Å². The van der Waals surface area contributed by atoms with E-state index in [1.165, 1.54) is 0 Å². The predicted octanol–water partition coefficient (Wildman–Crippen LogP) is 4.14. The lowest BCUT2D eigenvalue weighted by molar-refractivity contribution is -0.140. The zero-order valence-corrected chi connectivity index (χ0v) is 14.6. The van der Waals surface area contributed by atoms with E-state index in [-0.39, 0.29) is 5.91 Å². The monoisotopic (exact) mass is 352 g/mol. The highest BCUT2D eigenvalue weighted by Crippen LogP contribution is 2.32. The molecule has 1 aliphatic rings. The molecule has 2 heterocycles. The summed E-state index contributed by atoms with van der Waals surface area (Å²) in [6.07, 6.45) is 0.723. The maximum atomic E-state index is 12.5. The summed E-state index contributed by atoms with van der Waals surface area (Å²) in [5.41, 5.74) is 2.27. The van der Waals surface area contributed by atoms with Gasteiger partial charge < -0.3 is 9.42 Å². The molecule has 4 nitrogen and oxygen atoms in total. The third kappa shape index (κ3) is 3.10. The first-order valence-corrected chi connectivity index (χ1v) is 8.42. The normalized spacial score (nSPS) is 14.7. The molecule has 6 heteroatoms. The van der Waals surface area contributed by atoms with E-state index in [1.807, 2.05) is 38.1 Å². The average molecular weight is 353 g/mol. The number of carbonyl (C=O) groups excluding carboxylic acids is 1. The Kier molecular flexibility index (Phi) is 4.39. The summed E-state index contributed by atoms with van der Waals surface area (Å²) >= 11 is 11.8. The molecule has 0 fully saturated rings. The zero-order chi connectivity index (χ0) is 16.6. The number of fused-ring (bicyclic) bond motifs is 1. The van der Waals surface area contributed by atoms with Crippen LogP contribution in [0.5, 0.6) is 0 Å². The summed E-state index contributed by atoms with van der Waals surface area (Å²) in [5, 5.41) is 4.84. The Labute approximate surface area is 145 Å². The van der Waals surface area contributed by atoms with Gasteiger partial charge in [-0.2, -0.15) is 0 Å². The maximum absolute atomic E-state index is 12.5. The predicted molar refractivity (Wildman–Crippen MR) is 90.6 cm³/mol. The van der Waals surface area contributed by atoms with Crippen molar-refractivity contribution in [1.82, 2.24) is 10.1 Å². The first-order chi connectivity index (χ1) is 10.9. The fourth-order valence-electron chi connectivity index (χ4n) is 2.72. The number of carbonyl (C=O) groups is 1. The van der Waals surface area contributed by atoms with E-state index in [2.05, 4.69) is 5.16 Å². The van der Waals surface area contributed by atoms with Gasteiger partial charge in [0.2, 0.25) is 5.91 Å². The number of rotatable bonds is 3. The lowest BCUT2D eigenvalue weighted by Gasteiger charge is -2.32. The van der Waals surface area contributed by atoms with Crippen LogP contribution in [0.1, 0.15) is 25.1 Å². The molecule has 0 bridgehead atoms. The third-order valence-corrected chi connectivity index (χ3v) is 5.07. The quantitative estimate of drug-likeness (QED) is 0.779. The topological polar surface area (TPSA) is 46.3 Å². The Morgan fingerprint density at radius 2 is 2.04 bits per heavy atom. The molecule has 1 aromatic heterocycles. The minimum absolute atomic E-state index is 0.0502. The van der Waals surface area contributed by atoms with Gasteiger partial charge in [0, 0.05) is 28.6 Å². The van der Waals surface area contributed by atoms with Gasteiger partial charge in [-0.1, -0.05) is 16.8 Å². The van der Waals surface area contributed by atoms with Crippen LogP contribution in [0, 0.1) is 5.41 Å². The summed E-state index contributed by atoms with van der Waals surface area (Å²) in [5.74, 6) is 1.11. The molecule has 0 saturated heterocycles. The Morgan fingerprint density at radius 1 is 1.35 bits per heavy atom. The molecule has 1 amide bonds. The second kappa shape index (κ2) is 6.17. The molecular weight excluding hydrogens is 335 g/mol. The molecule has 122 valence electrons. The molecule has 0 radical (unpaired) electrons. The number of hydrogen-bond acceptors (Lipinski definition) is 3. The zero-order valence-electron chi connectivity index (χ0n) is 13.1. The number of amides is 1. The van der Waals surface area contributed by atoms with E-state index in [9.17, 15) is 4.79 Å². The molecule has 0 spiro atoms. The summed E-state index contributed by atoms with van der Waals surface area (Å²) < 4.78 is 5.53.